The standard InChI is InChI=1S/C15H17NO5/c1-8(2)12-13(15(17)18)21-14(16-12)11-9(19-3)6-5-7-10(11)20-4/h5-8H,1-4H3,(H,17,18). The Morgan fingerprint density at radius 2 is 1.81 bits per heavy atom. The van der Waals surface area contributed by atoms with Crippen molar-refractivity contribution in [1.29, 1.82) is 0 Å². The number of carbonyl (C=O) groups is 1. The molecule has 0 bridgehead atoms. The van der Waals surface area contributed by atoms with Crippen molar-refractivity contribution in [3.63, 3.8) is 0 Å². The molecule has 2 rings (SSSR count). The number of rotatable bonds is 5. The molecule has 0 spiro atoms. The van der Waals surface area contributed by atoms with Gasteiger partial charge in [0.15, 0.2) is 0 Å². The van der Waals surface area contributed by atoms with E-state index in [1.165, 1.54) is 14.2 Å². The highest BCUT2D eigenvalue weighted by atomic mass is 16.5. The second-order valence-corrected chi connectivity index (χ2v) is 4.73. The van der Waals surface area contributed by atoms with Crippen molar-refractivity contribution in [2.75, 3.05) is 14.2 Å². The summed E-state index contributed by atoms with van der Waals surface area (Å²) in [7, 11) is 3.03. The van der Waals surface area contributed by atoms with Gasteiger partial charge in [0.2, 0.25) is 11.7 Å². The molecule has 2 aromatic rings. The summed E-state index contributed by atoms with van der Waals surface area (Å²) in [5.41, 5.74) is 0.891. The highest BCUT2D eigenvalue weighted by molar-refractivity contribution is 5.87. The minimum absolute atomic E-state index is 0.0747. The van der Waals surface area contributed by atoms with Crippen LogP contribution in [0.3, 0.4) is 0 Å². The molecule has 1 aromatic heterocycles. The van der Waals surface area contributed by atoms with Gasteiger partial charge in [-0.2, -0.15) is 0 Å². The summed E-state index contributed by atoms with van der Waals surface area (Å²) >= 11 is 0. The molecule has 21 heavy (non-hydrogen) atoms. The number of nitrogens with zero attached hydrogens (tertiary/aromatic N) is 1. The van der Waals surface area contributed by atoms with Gasteiger partial charge in [-0.1, -0.05) is 19.9 Å². The maximum atomic E-state index is 11.3. The zero-order valence-corrected chi connectivity index (χ0v) is 12.3. The van der Waals surface area contributed by atoms with Crippen LogP contribution in [0.15, 0.2) is 22.6 Å². The third-order valence-corrected chi connectivity index (χ3v) is 3.04. The first-order valence-corrected chi connectivity index (χ1v) is 6.45. The van der Waals surface area contributed by atoms with Crippen LogP contribution >= 0.6 is 0 Å². The summed E-state index contributed by atoms with van der Waals surface area (Å²) in [5, 5.41) is 9.23. The topological polar surface area (TPSA) is 81.8 Å². The van der Waals surface area contributed by atoms with E-state index in [1.807, 2.05) is 13.8 Å². The zero-order valence-electron chi connectivity index (χ0n) is 12.3. The number of oxazole rings is 1. The Bertz CT molecular complexity index is 638. The molecule has 0 saturated heterocycles. The van der Waals surface area contributed by atoms with Crippen molar-refractivity contribution in [2.45, 2.75) is 19.8 Å². The Kier molecular flexibility index (Phi) is 4.16. The fourth-order valence-electron chi connectivity index (χ4n) is 2.05. The maximum absolute atomic E-state index is 11.3. The quantitative estimate of drug-likeness (QED) is 0.911. The molecule has 1 heterocycles. The first kappa shape index (κ1) is 14.9. The van der Waals surface area contributed by atoms with Crippen LogP contribution in [-0.4, -0.2) is 30.3 Å². The van der Waals surface area contributed by atoms with E-state index in [-0.39, 0.29) is 17.6 Å². The number of aromatic nitrogens is 1. The summed E-state index contributed by atoms with van der Waals surface area (Å²) in [6.45, 7) is 3.71. The van der Waals surface area contributed by atoms with Gasteiger partial charge in [-0.05, 0) is 18.1 Å². The SMILES string of the molecule is COc1cccc(OC)c1-c1nc(C(C)C)c(C(=O)O)o1. The normalized spacial score (nSPS) is 10.7. The van der Waals surface area contributed by atoms with E-state index in [2.05, 4.69) is 4.98 Å². The smallest absolute Gasteiger partial charge is 0.373 e. The Morgan fingerprint density at radius 3 is 2.19 bits per heavy atom. The molecule has 0 saturated carbocycles. The predicted octanol–water partition coefficient (Wildman–Crippen LogP) is 3.18. The fraction of sp³-hybridized carbons (Fsp3) is 0.333. The second-order valence-electron chi connectivity index (χ2n) is 4.73. The van der Waals surface area contributed by atoms with Gasteiger partial charge in [-0.3, -0.25) is 0 Å². The summed E-state index contributed by atoms with van der Waals surface area (Å²) in [6, 6.07) is 5.24. The van der Waals surface area contributed by atoms with Crippen LogP contribution in [0.1, 0.15) is 36.0 Å². The van der Waals surface area contributed by atoms with E-state index in [0.29, 0.717) is 22.8 Å². The van der Waals surface area contributed by atoms with Crippen molar-refractivity contribution >= 4 is 5.97 Å². The van der Waals surface area contributed by atoms with Crippen molar-refractivity contribution < 1.29 is 23.8 Å². The van der Waals surface area contributed by atoms with Gasteiger partial charge in [-0.25, -0.2) is 9.78 Å². The first-order valence-electron chi connectivity index (χ1n) is 6.45. The minimum atomic E-state index is -1.15. The second kappa shape index (κ2) is 5.87. The van der Waals surface area contributed by atoms with E-state index in [0.717, 1.165) is 0 Å². The van der Waals surface area contributed by atoms with Gasteiger partial charge in [0.05, 0.1) is 19.9 Å². The molecule has 0 amide bonds. The molecule has 0 aliphatic heterocycles. The molecular weight excluding hydrogens is 274 g/mol. The van der Waals surface area contributed by atoms with Crippen LogP contribution in [0, 0.1) is 0 Å². The summed E-state index contributed by atoms with van der Waals surface area (Å²) in [6.07, 6.45) is 0. The molecule has 0 atom stereocenters. The number of ether oxygens (including phenoxy) is 2. The average Bonchev–Trinajstić information content (AvgIpc) is 2.91. The fourth-order valence-corrected chi connectivity index (χ4v) is 2.05. The molecule has 1 N–H and O–H groups in total. The average molecular weight is 291 g/mol. The molecule has 0 fully saturated rings. The minimum Gasteiger partial charge on any atom is -0.496 e. The third-order valence-electron chi connectivity index (χ3n) is 3.04. The number of methoxy groups -OCH3 is 2. The molecule has 0 aliphatic rings. The van der Waals surface area contributed by atoms with Crippen LogP contribution in [-0.2, 0) is 0 Å². The number of hydrogen-bond donors (Lipinski definition) is 1. The van der Waals surface area contributed by atoms with E-state index >= 15 is 0 Å². The van der Waals surface area contributed by atoms with Crippen LogP contribution < -0.4 is 9.47 Å². The van der Waals surface area contributed by atoms with Crippen LogP contribution in [0.25, 0.3) is 11.5 Å². The van der Waals surface area contributed by atoms with Gasteiger partial charge in [0.25, 0.3) is 0 Å². The summed E-state index contributed by atoms with van der Waals surface area (Å²) in [5.74, 6) is -0.204. The lowest BCUT2D eigenvalue weighted by Crippen LogP contribution is -2.01. The highest BCUT2D eigenvalue weighted by Crippen LogP contribution is 2.39. The Labute approximate surface area is 122 Å². The largest absolute Gasteiger partial charge is 0.496 e. The first-order chi connectivity index (χ1) is 9.99. The zero-order chi connectivity index (χ0) is 15.6. The van der Waals surface area contributed by atoms with Gasteiger partial charge in [0, 0.05) is 0 Å². The molecular formula is C15H17NO5. The van der Waals surface area contributed by atoms with Gasteiger partial charge >= 0.3 is 5.97 Å². The van der Waals surface area contributed by atoms with E-state index in [9.17, 15) is 9.90 Å². The number of carboxylic acids is 1. The molecule has 1 aromatic carbocycles. The molecule has 0 unspecified atom stereocenters. The molecule has 0 radical (unpaired) electrons. The predicted molar refractivity (Wildman–Crippen MR) is 76.1 cm³/mol. The molecule has 6 heteroatoms. The lowest BCUT2D eigenvalue weighted by molar-refractivity contribution is 0.0661. The Balaban J connectivity index is 2.67. The number of carboxylic acid groups (broad SMARTS) is 1. The van der Waals surface area contributed by atoms with Crippen LogP contribution in [0.2, 0.25) is 0 Å². The third kappa shape index (κ3) is 2.69. The van der Waals surface area contributed by atoms with Crippen LogP contribution in [0.5, 0.6) is 11.5 Å². The van der Waals surface area contributed by atoms with Crippen molar-refractivity contribution in [2.24, 2.45) is 0 Å². The highest BCUT2D eigenvalue weighted by Gasteiger charge is 2.25. The Morgan fingerprint density at radius 1 is 1.24 bits per heavy atom. The van der Waals surface area contributed by atoms with E-state index in [4.69, 9.17) is 13.9 Å². The number of hydrogen-bond acceptors (Lipinski definition) is 5. The maximum Gasteiger partial charge on any atom is 0.373 e. The number of aromatic carboxylic acids is 1. The van der Waals surface area contributed by atoms with Crippen molar-refractivity contribution in [3.8, 4) is 23.0 Å². The molecule has 6 nitrogen and oxygen atoms in total. The van der Waals surface area contributed by atoms with Gasteiger partial charge < -0.3 is 19.0 Å². The monoisotopic (exact) mass is 291 g/mol. The van der Waals surface area contributed by atoms with Gasteiger partial charge in [0.1, 0.15) is 17.1 Å². The van der Waals surface area contributed by atoms with Crippen molar-refractivity contribution in [3.05, 3.63) is 29.7 Å². The molecule has 112 valence electrons. The lowest BCUT2D eigenvalue weighted by atomic mass is 10.1. The molecule has 0 aliphatic carbocycles. The number of benzene rings is 1. The van der Waals surface area contributed by atoms with Crippen molar-refractivity contribution in [1.82, 2.24) is 4.98 Å². The Hall–Kier alpha value is -2.50. The lowest BCUT2D eigenvalue weighted by Gasteiger charge is -2.09. The van der Waals surface area contributed by atoms with Gasteiger partial charge in [-0.15, -0.1) is 0 Å². The van der Waals surface area contributed by atoms with E-state index in [1.54, 1.807) is 18.2 Å². The summed E-state index contributed by atoms with van der Waals surface area (Å²) in [4.78, 5) is 15.6. The van der Waals surface area contributed by atoms with E-state index < -0.39 is 5.97 Å². The van der Waals surface area contributed by atoms with Crippen LogP contribution in [0.4, 0.5) is 0 Å². The summed E-state index contributed by atoms with van der Waals surface area (Å²) < 4.78 is 16.0.